The Morgan fingerprint density at radius 1 is 1.89 bits per heavy atom. The molecule has 54 valence electrons. The summed E-state index contributed by atoms with van der Waals surface area (Å²) in [7, 11) is 0. The Morgan fingerprint density at radius 3 is 2.78 bits per heavy atom. The molecule has 0 saturated heterocycles. The van der Waals surface area contributed by atoms with E-state index in [1.54, 1.807) is 0 Å². The first-order chi connectivity index (χ1) is 4.13. The standard InChI is InChI=1S/C5H9FO3/c1-4(6)2-9-3-5(7)8/h4H,2-3H2,1H3,(H,7,8). The molecule has 9 heavy (non-hydrogen) atoms. The van der Waals surface area contributed by atoms with Crippen molar-refractivity contribution in [2.45, 2.75) is 13.1 Å². The predicted molar refractivity (Wildman–Crippen MR) is 29.0 cm³/mol. The Hall–Kier alpha value is -0.640. The molecule has 1 unspecified atom stereocenters. The molecule has 3 nitrogen and oxygen atoms in total. The Kier molecular flexibility index (Phi) is 3.96. The van der Waals surface area contributed by atoms with Crippen LogP contribution in [0.25, 0.3) is 0 Å². The highest BCUT2D eigenvalue weighted by atomic mass is 19.1. The second-order valence-corrected chi connectivity index (χ2v) is 1.69. The molecule has 0 aliphatic heterocycles. The number of halogens is 1. The molecule has 0 aromatic heterocycles. The summed E-state index contributed by atoms with van der Waals surface area (Å²) in [6.45, 7) is 0.739. The summed E-state index contributed by atoms with van der Waals surface area (Å²) in [6, 6.07) is 0. The van der Waals surface area contributed by atoms with Gasteiger partial charge in [-0.2, -0.15) is 0 Å². The molecule has 0 aliphatic rings. The Bertz CT molecular complexity index is 92.2. The largest absolute Gasteiger partial charge is 0.480 e. The normalized spacial score (nSPS) is 13.1. The van der Waals surface area contributed by atoms with Gasteiger partial charge in [-0.1, -0.05) is 0 Å². The molecular formula is C5H9FO3. The van der Waals surface area contributed by atoms with E-state index in [0.717, 1.165) is 0 Å². The van der Waals surface area contributed by atoms with Gasteiger partial charge < -0.3 is 9.84 Å². The summed E-state index contributed by atoms with van der Waals surface area (Å²) in [6.07, 6.45) is -1.09. The summed E-state index contributed by atoms with van der Waals surface area (Å²) >= 11 is 0. The van der Waals surface area contributed by atoms with Gasteiger partial charge in [-0.25, -0.2) is 9.18 Å². The highest BCUT2D eigenvalue weighted by molar-refractivity contribution is 5.67. The van der Waals surface area contributed by atoms with Crippen molar-refractivity contribution in [1.82, 2.24) is 0 Å². The number of rotatable bonds is 4. The predicted octanol–water partition coefficient (Wildman–Crippen LogP) is 0.446. The minimum Gasteiger partial charge on any atom is -0.480 e. The molecule has 0 fully saturated rings. The minimum absolute atomic E-state index is 0.147. The molecule has 0 saturated carbocycles. The maximum Gasteiger partial charge on any atom is 0.329 e. The fourth-order valence-electron chi connectivity index (χ4n) is 0.309. The Balaban J connectivity index is 3.01. The molecule has 0 amide bonds. The van der Waals surface area contributed by atoms with Gasteiger partial charge in [0.15, 0.2) is 0 Å². The van der Waals surface area contributed by atoms with Gasteiger partial charge in [0, 0.05) is 0 Å². The van der Waals surface area contributed by atoms with Gasteiger partial charge in [0.05, 0.1) is 6.61 Å². The van der Waals surface area contributed by atoms with Crippen molar-refractivity contribution >= 4 is 5.97 Å². The van der Waals surface area contributed by atoms with Crippen molar-refractivity contribution in [1.29, 1.82) is 0 Å². The van der Waals surface area contributed by atoms with Crippen molar-refractivity contribution in [3.63, 3.8) is 0 Å². The van der Waals surface area contributed by atoms with Crippen LogP contribution in [0.4, 0.5) is 4.39 Å². The number of hydrogen-bond donors (Lipinski definition) is 1. The second-order valence-electron chi connectivity index (χ2n) is 1.69. The van der Waals surface area contributed by atoms with Gasteiger partial charge in [0.25, 0.3) is 0 Å². The van der Waals surface area contributed by atoms with Crippen molar-refractivity contribution in [3.8, 4) is 0 Å². The van der Waals surface area contributed by atoms with Crippen molar-refractivity contribution in [2.75, 3.05) is 13.2 Å². The van der Waals surface area contributed by atoms with E-state index in [1.165, 1.54) is 6.92 Å². The lowest BCUT2D eigenvalue weighted by atomic mass is 10.5. The van der Waals surface area contributed by atoms with Crippen LogP contribution in [-0.2, 0) is 9.53 Å². The van der Waals surface area contributed by atoms with E-state index >= 15 is 0 Å². The second kappa shape index (κ2) is 4.26. The quantitative estimate of drug-likeness (QED) is 0.610. The number of ether oxygens (including phenoxy) is 1. The lowest BCUT2D eigenvalue weighted by molar-refractivity contribution is -0.142. The number of carboxylic acid groups (broad SMARTS) is 1. The van der Waals surface area contributed by atoms with Crippen LogP contribution in [0.2, 0.25) is 0 Å². The Labute approximate surface area is 52.4 Å². The fourth-order valence-corrected chi connectivity index (χ4v) is 0.309. The zero-order valence-corrected chi connectivity index (χ0v) is 5.13. The number of aliphatic carboxylic acids is 1. The summed E-state index contributed by atoms with van der Waals surface area (Å²) < 4.78 is 16.2. The van der Waals surface area contributed by atoms with Crippen LogP contribution in [0.5, 0.6) is 0 Å². The highest BCUT2D eigenvalue weighted by Gasteiger charge is 1.99. The third kappa shape index (κ3) is 7.36. The molecule has 4 heteroatoms. The molecule has 1 atom stereocenters. The van der Waals surface area contributed by atoms with Gasteiger partial charge in [-0.3, -0.25) is 0 Å². The molecule has 0 aliphatic carbocycles. The number of carboxylic acids is 1. The van der Waals surface area contributed by atoms with Crippen LogP contribution >= 0.6 is 0 Å². The van der Waals surface area contributed by atoms with Crippen LogP contribution in [0, 0.1) is 0 Å². The molecule has 0 heterocycles. The monoisotopic (exact) mass is 136 g/mol. The summed E-state index contributed by atoms with van der Waals surface area (Å²) in [5.41, 5.74) is 0. The van der Waals surface area contributed by atoms with E-state index < -0.39 is 18.7 Å². The third-order valence-electron chi connectivity index (χ3n) is 0.573. The van der Waals surface area contributed by atoms with Crippen molar-refractivity contribution in [3.05, 3.63) is 0 Å². The first kappa shape index (κ1) is 8.36. The molecule has 1 N–H and O–H groups in total. The Morgan fingerprint density at radius 2 is 2.44 bits per heavy atom. The molecule has 0 bridgehead atoms. The van der Waals surface area contributed by atoms with Gasteiger partial charge in [-0.15, -0.1) is 0 Å². The minimum atomic E-state index is -1.09. The maximum atomic E-state index is 11.8. The highest BCUT2D eigenvalue weighted by Crippen LogP contribution is 1.87. The van der Waals surface area contributed by atoms with Crippen LogP contribution in [0.15, 0.2) is 0 Å². The van der Waals surface area contributed by atoms with Gasteiger partial charge >= 0.3 is 5.97 Å². The topological polar surface area (TPSA) is 46.5 Å². The first-order valence-electron chi connectivity index (χ1n) is 2.56. The van der Waals surface area contributed by atoms with Gasteiger partial charge in [0.1, 0.15) is 12.8 Å². The smallest absolute Gasteiger partial charge is 0.329 e. The number of carbonyl (C=O) groups is 1. The lowest BCUT2D eigenvalue weighted by Crippen LogP contribution is -2.12. The van der Waals surface area contributed by atoms with Crippen molar-refractivity contribution in [2.24, 2.45) is 0 Å². The van der Waals surface area contributed by atoms with E-state index in [4.69, 9.17) is 5.11 Å². The zero-order chi connectivity index (χ0) is 7.28. The van der Waals surface area contributed by atoms with Crippen LogP contribution in [0.3, 0.4) is 0 Å². The zero-order valence-electron chi connectivity index (χ0n) is 5.13. The molecule has 0 aromatic carbocycles. The lowest BCUT2D eigenvalue weighted by Gasteiger charge is -1.99. The molecular weight excluding hydrogens is 127 g/mol. The summed E-state index contributed by atoms with van der Waals surface area (Å²) in [5, 5.41) is 7.98. The summed E-state index contributed by atoms with van der Waals surface area (Å²) in [4.78, 5) is 9.73. The average molecular weight is 136 g/mol. The third-order valence-corrected chi connectivity index (χ3v) is 0.573. The average Bonchev–Trinajstić information content (AvgIpc) is 1.63. The van der Waals surface area contributed by atoms with E-state index in [9.17, 15) is 9.18 Å². The van der Waals surface area contributed by atoms with E-state index in [2.05, 4.69) is 4.74 Å². The van der Waals surface area contributed by atoms with Crippen LogP contribution in [-0.4, -0.2) is 30.5 Å². The van der Waals surface area contributed by atoms with Crippen LogP contribution in [0.1, 0.15) is 6.92 Å². The molecule has 0 spiro atoms. The van der Waals surface area contributed by atoms with Crippen molar-refractivity contribution < 1.29 is 19.0 Å². The fraction of sp³-hybridized carbons (Fsp3) is 0.800. The molecule has 0 aromatic rings. The first-order valence-corrected chi connectivity index (χ1v) is 2.56. The van der Waals surface area contributed by atoms with E-state index in [1.807, 2.05) is 0 Å². The van der Waals surface area contributed by atoms with Gasteiger partial charge in [-0.05, 0) is 6.92 Å². The number of hydrogen-bond acceptors (Lipinski definition) is 2. The molecule has 0 radical (unpaired) electrons. The summed E-state index contributed by atoms with van der Waals surface area (Å²) in [5.74, 6) is -1.07. The number of alkyl halides is 1. The van der Waals surface area contributed by atoms with Crippen LogP contribution < -0.4 is 0 Å². The van der Waals surface area contributed by atoms with E-state index in [-0.39, 0.29) is 6.61 Å². The SMILES string of the molecule is CC(F)COCC(=O)O. The maximum absolute atomic E-state index is 11.8. The van der Waals surface area contributed by atoms with Gasteiger partial charge in [0.2, 0.25) is 0 Å². The molecule has 0 rings (SSSR count). The van der Waals surface area contributed by atoms with E-state index in [0.29, 0.717) is 0 Å².